The van der Waals surface area contributed by atoms with Gasteiger partial charge in [-0.1, -0.05) is 48.7 Å². The number of carbonyl (C=O) groups excluding carboxylic acids is 1. The molecule has 2 aliphatic heterocycles. The van der Waals surface area contributed by atoms with Crippen LogP contribution in [0.4, 0.5) is 0 Å². The van der Waals surface area contributed by atoms with Gasteiger partial charge in [-0.05, 0) is 68.1 Å². The van der Waals surface area contributed by atoms with Crippen molar-refractivity contribution in [2.75, 3.05) is 26.2 Å². The van der Waals surface area contributed by atoms with Crippen molar-refractivity contribution in [3.8, 4) is 0 Å². The van der Waals surface area contributed by atoms with Crippen LogP contribution in [0.15, 0.2) is 47.4 Å². The lowest BCUT2D eigenvalue weighted by molar-refractivity contribution is 0.0950. The number of likely N-dealkylation sites (tertiary alicyclic amines) is 1. The zero-order valence-electron chi connectivity index (χ0n) is 18.9. The van der Waals surface area contributed by atoms with Gasteiger partial charge in [0, 0.05) is 31.7 Å². The predicted octanol–water partition coefficient (Wildman–Crippen LogP) is 4.43. The molecule has 178 valence electrons. The molecular weight excluding hydrogens is 458 g/mol. The van der Waals surface area contributed by atoms with E-state index in [4.69, 9.17) is 11.6 Å². The third kappa shape index (κ3) is 5.96. The first kappa shape index (κ1) is 24.2. The number of amides is 1. The maximum atomic E-state index is 13.1. The molecule has 2 aromatic rings. The SMILES string of the molecule is O=C(NCc1ccccc1CN1CCCCC1)c1ccc(Cl)c(S(=O)(=O)N2CCCCC2)c1. The van der Waals surface area contributed by atoms with E-state index in [1.165, 1.54) is 41.3 Å². The van der Waals surface area contributed by atoms with E-state index >= 15 is 0 Å². The molecule has 2 aliphatic rings. The molecule has 4 rings (SSSR count). The Bertz CT molecular complexity index is 1080. The van der Waals surface area contributed by atoms with Crippen LogP contribution in [0.5, 0.6) is 0 Å². The van der Waals surface area contributed by atoms with Crippen molar-refractivity contribution < 1.29 is 13.2 Å². The number of carbonyl (C=O) groups is 1. The number of hydrogen-bond donors (Lipinski definition) is 1. The predicted molar refractivity (Wildman–Crippen MR) is 131 cm³/mol. The molecule has 0 atom stereocenters. The van der Waals surface area contributed by atoms with Crippen molar-refractivity contribution >= 4 is 27.5 Å². The molecule has 8 heteroatoms. The first-order valence-electron chi connectivity index (χ1n) is 11.8. The number of benzene rings is 2. The molecule has 1 amide bonds. The third-order valence-electron chi connectivity index (χ3n) is 6.53. The lowest BCUT2D eigenvalue weighted by Crippen LogP contribution is -2.36. The average molecular weight is 490 g/mol. The molecule has 0 aromatic heterocycles. The molecule has 0 aliphatic carbocycles. The highest BCUT2D eigenvalue weighted by atomic mass is 35.5. The van der Waals surface area contributed by atoms with E-state index in [-0.39, 0.29) is 15.8 Å². The number of rotatable bonds is 7. The summed E-state index contributed by atoms with van der Waals surface area (Å²) in [6.07, 6.45) is 6.48. The quantitative estimate of drug-likeness (QED) is 0.624. The molecule has 6 nitrogen and oxygen atoms in total. The Morgan fingerprint density at radius 3 is 2.21 bits per heavy atom. The van der Waals surface area contributed by atoms with E-state index in [0.29, 0.717) is 25.2 Å². The van der Waals surface area contributed by atoms with E-state index in [0.717, 1.165) is 44.5 Å². The normalized spacial score (nSPS) is 18.2. The van der Waals surface area contributed by atoms with Gasteiger partial charge in [0.25, 0.3) is 5.91 Å². The molecule has 33 heavy (non-hydrogen) atoms. The summed E-state index contributed by atoms with van der Waals surface area (Å²) in [4.78, 5) is 15.4. The Labute approximate surface area is 202 Å². The summed E-state index contributed by atoms with van der Waals surface area (Å²) in [6.45, 7) is 4.47. The van der Waals surface area contributed by atoms with Crippen LogP contribution in [0.25, 0.3) is 0 Å². The van der Waals surface area contributed by atoms with Crippen LogP contribution in [0.2, 0.25) is 5.02 Å². The van der Waals surface area contributed by atoms with E-state index in [2.05, 4.69) is 16.3 Å². The monoisotopic (exact) mass is 489 g/mol. The zero-order chi connectivity index (χ0) is 23.3. The van der Waals surface area contributed by atoms with Crippen LogP contribution in [0.3, 0.4) is 0 Å². The van der Waals surface area contributed by atoms with Gasteiger partial charge in [0.05, 0.1) is 5.02 Å². The highest BCUT2D eigenvalue weighted by Crippen LogP contribution is 2.28. The Morgan fingerprint density at radius 2 is 1.52 bits per heavy atom. The zero-order valence-corrected chi connectivity index (χ0v) is 20.5. The van der Waals surface area contributed by atoms with Crippen LogP contribution in [0, 0.1) is 0 Å². The summed E-state index contributed by atoms with van der Waals surface area (Å²) in [5.74, 6) is -0.311. The van der Waals surface area contributed by atoms with Crippen LogP contribution in [-0.4, -0.2) is 49.7 Å². The van der Waals surface area contributed by atoms with Crippen molar-refractivity contribution in [3.63, 3.8) is 0 Å². The average Bonchev–Trinajstić information content (AvgIpc) is 2.84. The van der Waals surface area contributed by atoms with Crippen molar-refractivity contribution in [1.29, 1.82) is 0 Å². The standard InChI is InChI=1S/C25H32ClN3O3S/c26-23-12-11-20(17-24(23)33(31,32)29-15-7-2-8-16-29)25(30)27-18-21-9-3-4-10-22(21)19-28-13-5-1-6-14-28/h3-4,9-12,17H,1-2,5-8,13-16,18-19H2,(H,27,30). The maximum absolute atomic E-state index is 13.1. The molecule has 0 radical (unpaired) electrons. The molecule has 0 bridgehead atoms. The molecule has 0 unspecified atom stereocenters. The molecule has 2 saturated heterocycles. The number of nitrogens with zero attached hydrogens (tertiary/aromatic N) is 2. The minimum Gasteiger partial charge on any atom is -0.348 e. The highest BCUT2D eigenvalue weighted by molar-refractivity contribution is 7.89. The summed E-state index contributed by atoms with van der Waals surface area (Å²) in [7, 11) is -3.72. The van der Waals surface area contributed by atoms with Gasteiger partial charge in [-0.2, -0.15) is 4.31 Å². The Hall–Kier alpha value is -1.93. The summed E-state index contributed by atoms with van der Waals surface area (Å²) in [5.41, 5.74) is 2.58. The molecule has 1 N–H and O–H groups in total. The fourth-order valence-corrected chi connectivity index (χ4v) is 6.62. The smallest absolute Gasteiger partial charge is 0.251 e. The second-order valence-electron chi connectivity index (χ2n) is 8.90. The highest BCUT2D eigenvalue weighted by Gasteiger charge is 2.28. The van der Waals surface area contributed by atoms with Crippen molar-refractivity contribution in [2.24, 2.45) is 0 Å². The summed E-state index contributed by atoms with van der Waals surface area (Å²) < 4.78 is 27.7. The van der Waals surface area contributed by atoms with Gasteiger partial charge in [-0.15, -0.1) is 0 Å². The van der Waals surface area contributed by atoms with Crippen molar-refractivity contribution in [3.05, 3.63) is 64.2 Å². The molecular formula is C25H32ClN3O3S. The van der Waals surface area contributed by atoms with Gasteiger partial charge in [0.1, 0.15) is 4.90 Å². The van der Waals surface area contributed by atoms with Gasteiger partial charge in [-0.3, -0.25) is 9.69 Å². The summed E-state index contributed by atoms with van der Waals surface area (Å²) in [5, 5.41) is 3.10. The maximum Gasteiger partial charge on any atom is 0.251 e. The molecule has 2 heterocycles. The summed E-state index contributed by atoms with van der Waals surface area (Å²) in [6, 6.07) is 12.6. The molecule has 2 fully saturated rings. The largest absolute Gasteiger partial charge is 0.348 e. The van der Waals surface area contributed by atoms with Crippen LogP contribution in [0.1, 0.15) is 60.0 Å². The Balaban J connectivity index is 1.46. The third-order valence-corrected chi connectivity index (χ3v) is 8.91. The molecule has 2 aromatic carbocycles. The topological polar surface area (TPSA) is 69.7 Å². The van der Waals surface area contributed by atoms with E-state index in [9.17, 15) is 13.2 Å². The second kappa shape index (κ2) is 11.0. The van der Waals surface area contributed by atoms with Gasteiger partial charge in [0.2, 0.25) is 10.0 Å². The van der Waals surface area contributed by atoms with Crippen LogP contribution in [-0.2, 0) is 23.1 Å². The Morgan fingerprint density at radius 1 is 0.879 bits per heavy atom. The number of halogens is 1. The first-order chi connectivity index (χ1) is 15.9. The van der Waals surface area contributed by atoms with Gasteiger partial charge in [-0.25, -0.2) is 8.42 Å². The first-order valence-corrected chi connectivity index (χ1v) is 13.6. The fraction of sp³-hybridized carbons (Fsp3) is 0.480. The second-order valence-corrected chi connectivity index (χ2v) is 11.2. The number of hydrogen-bond acceptors (Lipinski definition) is 4. The van der Waals surface area contributed by atoms with Crippen LogP contribution < -0.4 is 5.32 Å². The number of nitrogens with one attached hydrogen (secondary N) is 1. The minimum absolute atomic E-state index is 0.00390. The molecule has 0 saturated carbocycles. The van der Waals surface area contributed by atoms with E-state index in [1.54, 1.807) is 6.07 Å². The minimum atomic E-state index is -3.72. The van der Waals surface area contributed by atoms with Gasteiger partial charge < -0.3 is 5.32 Å². The van der Waals surface area contributed by atoms with E-state index < -0.39 is 10.0 Å². The van der Waals surface area contributed by atoms with Crippen LogP contribution >= 0.6 is 11.6 Å². The lowest BCUT2D eigenvalue weighted by Gasteiger charge is -2.27. The van der Waals surface area contributed by atoms with E-state index in [1.807, 2.05) is 18.2 Å². The Kier molecular flexibility index (Phi) is 8.07. The van der Waals surface area contributed by atoms with Gasteiger partial charge in [0.15, 0.2) is 0 Å². The number of sulfonamides is 1. The summed E-state index contributed by atoms with van der Waals surface area (Å²) >= 11 is 6.25. The number of piperidine rings is 2. The van der Waals surface area contributed by atoms with Crippen molar-refractivity contribution in [1.82, 2.24) is 14.5 Å². The fourth-order valence-electron chi connectivity index (χ4n) is 4.61. The van der Waals surface area contributed by atoms with Gasteiger partial charge >= 0.3 is 0 Å². The van der Waals surface area contributed by atoms with Crippen molar-refractivity contribution in [2.45, 2.75) is 56.5 Å². The molecule has 0 spiro atoms. The lowest BCUT2D eigenvalue weighted by atomic mass is 10.0.